The van der Waals surface area contributed by atoms with E-state index in [1.807, 2.05) is 0 Å². The van der Waals surface area contributed by atoms with Crippen LogP contribution < -0.4 is 0 Å². The Morgan fingerprint density at radius 3 is 2.11 bits per heavy atom. The summed E-state index contributed by atoms with van der Waals surface area (Å²) < 4.78 is 9.91. The molecule has 1 atom stereocenters. The summed E-state index contributed by atoms with van der Waals surface area (Å²) in [4.78, 5) is 23.5. The second-order valence-corrected chi connectivity index (χ2v) is 4.58. The lowest BCUT2D eigenvalue weighted by Crippen LogP contribution is -2.48. The minimum atomic E-state index is -1.33. The molecule has 1 unspecified atom stereocenters. The van der Waals surface area contributed by atoms with E-state index >= 15 is 0 Å². The van der Waals surface area contributed by atoms with E-state index in [0.29, 0.717) is 5.56 Å². The fourth-order valence-corrected chi connectivity index (χ4v) is 1.83. The van der Waals surface area contributed by atoms with E-state index in [1.54, 1.807) is 30.3 Å². The number of carbonyl (C=O) groups is 2. The van der Waals surface area contributed by atoms with Gasteiger partial charge >= 0.3 is 11.9 Å². The van der Waals surface area contributed by atoms with E-state index in [-0.39, 0.29) is 0 Å². The van der Waals surface area contributed by atoms with Crippen molar-refractivity contribution in [3.63, 3.8) is 0 Å². The van der Waals surface area contributed by atoms with Gasteiger partial charge in [0.1, 0.15) is 6.10 Å². The molecule has 0 saturated carbocycles. The highest BCUT2D eigenvalue weighted by Gasteiger charge is 2.47. The van der Waals surface area contributed by atoms with Gasteiger partial charge in [0, 0.05) is 13.8 Å². The molecule has 0 amide bonds. The van der Waals surface area contributed by atoms with E-state index < -0.39 is 29.7 Å². The second-order valence-electron chi connectivity index (χ2n) is 4.58. The molecule has 1 aromatic rings. The van der Waals surface area contributed by atoms with Gasteiger partial charge < -0.3 is 14.6 Å². The SMILES string of the molecule is CC1(C)OC(=O)C(C(O)c2ccccc2)C(=O)O1. The zero-order valence-electron chi connectivity index (χ0n) is 10.1. The molecule has 1 aromatic carbocycles. The van der Waals surface area contributed by atoms with Gasteiger partial charge in [-0.25, -0.2) is 0 Å². The Bertz CT molecular complexity index is 446. The number of carbonyl (C=O) groups excluding carboxylic acids is 2. The lowest BCUT2D eigenvalue weighted by atomic mass is 9.95. The Balaban J connectivity index is 2.24. The van der Waals surface area contributed by atoms with Crippen molar-refractivity contribution in [1.29, 1.82) is 0 Å². The van der Waals surface area contributed by atoms with Gasteiger partial charge in [0.2, 0.25) is 0 Å². The topological polar surface area (TPSA) is 72.8 Å². The van der Waals surface area contributed by atoms with E-state index in [1.165, 1.54) is 13.8 Å². The van der Waals surface area contributed by atoms with Crippen LogP contribution in [0.4, 0.5) is 0 Å². The highest BCUT2D eigenvalue weighted by atomic mass is 16.7. The molecule has 5 heteroatoms. The van der Waals surface area contributed by atoms with Crippen molar-refractivity contribution in [3.05, 3.63) is 35.9 Å². The number of hydrogen-bond acceptors (Lipinski definition) is 5. The summed E-state index contributed by atoms with van der Waals surface area (Å²) in [5, 5.41) is 10.1. The molecule has 1 heterocycles. The zero-order chi connectivity index (χ0) is 13.3. The molecule has 18 heavy (non-hydrogen) atoms. The van der Waals surface area contributed by atoms with Gasteiger partial charge in [-0.15, -0.1) is 0 Å². The van der Waals surface area contributed by atoms with Crippen molar-refractivity contribution < 1.29 is 24.2 Å². The van der Waals surface area contributed by atoms with Gasteiger partial charge in [-0.3, -0.25) is 9.59 Å². The Labute approximate surface area is 104 Å². The first-order chi connectivity index (χ1) is 8.41. The number of ether oxygens (including phenoxy) is 2. The van der Waals surface area contributed by atoms with E-state index in [0.717, 1.165) is 0 Å². The predicted octanol–water partition coefficient (Wildman–Crippen LogP) is 1.17. The maximum absolute atomic E-state index is 11.8. The minimum Gasteiger partial charge on any atom is -0.422 e. The van der Waals surface area contributed by atoms with Crippen LogP contribution in [0, 0.1) is 5.92 Å². The van der Waals surface area contributed by atoms with Crippen LogP contribution in [0.1, 0.15) is 25.5 Å². The van der Waals surface area contributed by atoms with Crippen LogP contribution >= 0.6 is 0 Å². The van der Waals surface area contributed by atoms with Crippen LogP contribution in [-0.4, -0.2) is 22.8 Å². The van der Waals surface area contributed by atoms with Crippen LogP contribution in [0.15, 0.2) is 30.3 Å². The van der Waals surface area contributed by atoms with Gasteiger partial charge in [0.05, 0.1) is 0 Å². The summed E-state index contributed by atoms with van der Waals surface area (Å²) in [5.74, 6) is -4.15. The smallest absolute Gasteiger partial charge is 0.326 e. The van der Waals surface area contributed by atoms with Crippen molar-refractivity contribution >= 4 is 11.9 Å². The van der Waals surface area contributed by atoms with Crippen molar-refractivity contribution in [2.75, 3.05) is 0 Å². The third-order valence-corrected chi connectivity index (χ3v) is 2.66. The molecule has 96 valence electrons. The highest BCUT2D eigenvalue weighted by molar-refractivity contribution is 5.97. The maximum Gasteiger partial charge on any atom is 0.326 e. The van der Waals surface area contributed by atoms with Crippen molar-refractivity contribution in [1.82, 2.24) is 0 Å². The predicted molar refractivity (Wildman–Crippen MR) is 61.2 cm³/mol. The molecule has 1 saturated heterocycles. The largest absolute Gasteiger partial charge is 0.422 e. The van der Waals surface area contributed by atoms with Gasteiger partial charge in [-0.1, -0.05) is 30.3 Å². The molecule has 1 aliphatic heterocycles. The zero-order valence-corrected chi connectivity index (χ0v) is 10.1. The molecule has 0 bridgehead atoms. The Morgan fingerprint density at radius 2 is 1.61 bits per heavy atom. The fraction of sp³-hybridized carbons (Fsp3) is 0.385. The molecule has 0 aromatic heterocycles. The quantitative estimate of drug-likeness (QED) is 0.630. The number of aliphatic hydroxyl groups excluding tert-OH is 1. The molecule has 1 aliphatic rings. The lowest BCUT2D eigenvalue weighted by molar-refractivity contribution is -0.244. The highest BCUT2D eigenvalue weighted by Crippen LogP contribution is 2.31. The van der Waals surface area contributed by atoms with Crippen LogP contribution in [0.5, 0.6) is 0 Å². The first-order valence-electron chi connectivity index (χ1n) is 5.59. The van der Waals surface area contributed by atoms with Crippen molar-refractivity contribution in [3.8, 4) is 0 Å². The molecule has 2 rings (SSSR count). The van der Waals surface area contributed by atoms with Gasteiger partial charge in [-0.2, -0.15) is 0 Å². The van der Waals surface area contributed by atoms with E-state index in [9.17, 15) is 14.7 Å². The Hall–Kier alpha value is -1.88. The monoisotopic (exact) mass is 250 g/mol. The summed E-state index contributed by atoms with van der Waals surface area (Å²) in [7, 11) is 0. The van der Waals surface area contributed by atoms with Crippen LogP contribution in [0.2, 0.25) is 0 Å². The summed E-state index contributed by atoms with van der Waals surface area (Å²) in [6.07, 6.45) is -1.26. The molecular weight excluding hydrogens is 236 g/mol. The van der Waals surface area contributed by atoms with Gasteiger partial charge in [-0.05, 0) is 5.56 Å². The number of aliphatic hydroxyl groups is 1. The molecule has 0 spiro atoms. The standard InChI is InChI=1S/C13H14O5/c1-13(2)17-11(15)9(12(16)18-13)10(14)8-6-4-3-5-7-8/h3-7,9-10,14H,1-2H3. The van der Waals surface area contributed by atoms with Crippen molar-refractivity contribution in [2.24, 2.45) is 5.92 Å². The normalized spacial score (nSPS) is 21.1. The summed E-state index contributed by atoms with van der Waals surface area (Å²) in [6, 6.07) is 8.46. The van der Waals surface area contributed by atoms with Gasteiger partial charge in [0.25, 0.3) is 5.79 Å². The number of cyclic esters (lactones) is 2. The summed E-state index contributed by atoms with van der Waals surface area (Å²) in [6.45, 7) is 2.93. The summed E-state index contributed by atoms with van der Waals surface area (Å²) >= 11 is 0. The third kappa shape index (κ3) is 2.36. The van der Waals surface area contributed by atoms with Crippen LogP contribution in [-0.2, 0) is 19.1 Å². The second kappa shape index (κ2) is 4.42. The molecule has 5 nitrogen and oxygen atoms in total. The fourth-order valence-electron chi connectivity index (χ4n) is 1.83. The van der Waals surface area contributed by atoms with Crippen LogP contribution in [0.25, 0.3) is 0 Å². The molecular formula is C13H14O5. The molecule has 1 fully saturated rings. The van der Waals surface area contributed by atoms with Crippen molar-refractivity contribution in [2.45, 2.75) is 25.7 Å². The molecule has 1 N–H and O–H groups in total. The Kier molecular flexibility index (Phi) is 3.09. The number of benzene rings is 1. The first-order valence-corrected chi connectivity index (χ1v) is 5.59. The Morgan fingerprint density at radius 1 is 1.11 bits per heavy atom. The number of hydrogen-bond donors (Lipinski definition) is 1. The third-order valence-electron chi connectivity index (χ3n) is 2.66. The average molecular weight is 250 g/mol. The number of esters is 2. The lowest BCUT2D eigenvalue weighted by Gasteiger charge is -2.34. The average Bonchev–Trinajstić information content (AvgIpc) is 2.27. The first kappa shape index (κ1) is 12.6. The van der Waals surface area contributed by atoms with Crippen LogP contribution in [0.3, 0.4) is 0 Å². The summed E-state index contributed by atoms with van der Waals surface area (Å²) in [5.41, 5.74) is 0.469. The molecule has 0 aliphatic carbocycles. The maximum atomic E-state index is 11.8. The van der Waals surface area contributed by atoms with E-state index in [4.69, 9.17) is 9.47 Å². The minimum absolute atomic E-state index is 0.469. The van der Waals surface area contributed by atoms with Gasteiger partial charge in [0.15, 0.2) is 5.92 Å². The van der Waals surface area contributed by atoms with E-state index in [2.05, 4.69) is 0 Å². The molecule has 0 radical (unpaired) electrons. The number of rotatable bonds is 2.